The van der Waals surface area contributed by atoms with Crippen LogP contribution < -0.4 is 28.9 Å². The van der Waals surface area contributed by atoms with Gasteiger partial charge in [0.15, 0.2) is 0 Å². The van der Waals surface area contributed by atoms with Crippen molar-refractivity contribution in [3.05, 3.63) is 188 Å². The normalized spacial score (nSPS) is 14.7. The van der Waals surface area contributed by atoms with Crippen LogP contribution in [-0.4, -0.2) is 36.4 Å². The summed E-state index contributed by atoms with van der Waals surface area (Å²) < 4.78 is 25.4. The van der Waals surface area contributed by atoms with Crippen LogP contribution in [-0.2, 0) is 19.5 Å². The van der Waals surface area contributed by atoms with Crippen molar-refractivity contribution in [1.29, 1.82) is 0 Å². The van der Waals surface area contributed by atoms with E-state index >= 15 is 0 Å². The van der Waals surface area contributed by atoms with E-state index < -0.39 is 0 Å². The van der Waals surface area contributed by atoms with E-state index in [2.05, 4.69) is 60.7 Å². The van der Waals surface area contributed by atoms with E-state index in [-0.39, 0.29) is 19.5 Å². The number of halogens is 4. The van der Waals surface area contributed by atoms with Crippen LogP contribution in [0.25, 0.3) is 102 Å². The number of hydrogen-bond donors (Lipinski definition) is 0. The van der Waals surface area contributed by atoms with Crippen LogP contribution in [0, 0.1) is 0 Å². The summed E-state index contributed by atoms with van der Waals surface area (Å²) >= 11 is 28.5. The topological polar surface area (TPSA) is 90.9 Å². The van der Waals surface area contributed by atoms with Crippen LogP contribution >= 0.6 is 46.4 Å². The quantitative estimate of drug-likeness (QED) is 0.158. The summed E-state index contributed by atoms with van der Waals surface area (Å²) in [6.45, 7) is 2.56. The van der Waals surface area contributed by atoms with Crippen molar-refractivity contribution in [3.8, 4) is 67.5 Å². The van der Waals surface area contributed by atoms with E-state index in [4.69, 9.17) is 85.3 Å². The summed E-state index contributed by atoms with van der Waals surface area (Å²) in [4.78, 5) is 21.8. The van der Waals surface area contributed by atoms with Gasteiger partial charge in [0.25, 0.3) is 0 Å². The third-order valence-electron chi connectivity index (χ3n) is 15.2. The van der Waals surface area contributed by atoms with Crippen LogP contribution in [0.15, 0.2) is 146 Å². The van der Waals surface area contributed by atoms with Crippen molar-refractivity contribution in [3.63, 3.8) is 0 Å². The molecule has 9 heterocycles. The first-order valence-corrected chi connectivity index (χ1v) is 30.0. The summed E-state index contributed by atoms with van der Waals surface area (Å²) in [6.07, 6.45) is 20.8. The van der Waals surface area contributed by atoms with Crippen LogP contribution in [0.4, 0.5) is 0 Å². The molecule has 0 unspecified atom stereocenters. The molecule has 0 saturated heterocycles. The fraction of sp³-hybridized carbons (Fsp3) is 0.229. The van der Waals surface area contributed by atoms with Gasteiger partial charge >= 0.3 is 19.5 Å². The Bertz CT molecular complexity index is 3760. The average molecular weight is 1230 g/mol. The summed E-state index contributed by atoms with van der Waals surface area (Å²) in [6, 6.07) is 48.0. The van der Waals surface area contributed by atoms with Crippen LogP contribution in [0.3, 0.4) is 0 Å². The molecular formula is C70H60Cl4N4O4Zn. The molecular weight excluding hydrogens is 1170 g/mol. The third kappa shape index (κ3) is 13.4. The molecule has 15 rings (SSSR count). The van der Waals surface area contributed by atoms with Crippen LogP contribution in [0.5, 0.6) is 23.0 Å². The van der Waals surface area contributed by atoms with E-state index in [0.29, 0.717) is 114 Å². The third-order valence-corrected chi connectivity index (χ3v) is 16.5. The number of hydrogen-bond acceptors (Lipinski definition) is 6. The minimum Gasteiger partial charge on any atom is -0.657 e. The Kier molecular flexibility index (Phi) is 19.0. The van der Waals surface area contributed by atoms with E-state index in [1.807, 2.05) is 109 Å². The first-order chi connectivity index (χ1) is 40.3. The summed E-state index contributed by atoms with van der Waals surface area (Å²) in [5, 5.41) is 4.19. The average Bonchev–Trinajstić information content (AvgIpc) is 4.54. The maximum absolute atomic E-state index is 7.14. The molecule has 3 aromatic heterocycles. The monoisotopic (exact) mass is 1220 g/mol. The van der Waals surface area contributed by atoms with E-state index in [0.717, 1.165) is 133 Å². The molecule has 13 heteroatoms. The number of aromatic nitrogens is 4. The fourth-order valence-corrected chi connectivity index (χ4v) is 12.3. The summed E-state index contributed by atoms with van der Waals surface area (Å²) in [5.74, 6) is 3.31. The molecule has 83 heavy (non-hydrogen) atoms. The fourth-order valence-electron chi connectivity index (χ4n) is 11.1. The van der Waals surface area contributed by atoms with Gasteiger partial charge in [0.1, 0.15) is 23.0 Å². The second-order valence-electron chi connectivity index (χ2n) is 20.9. The molecule has 0 saturated carbocycles. The SMILES string of the molecule is Clc1cccc(Cl)c1-c1c2nc(c3c4ccc([n-]4)c(-c4c(Cl)cccc4Cl)c4nc(c(c5ccc1[n-]5)-c1cccc(c1)OCCCCCCCCOc1ccc5cc(ccc5c1)OCCCCCCCCOc1cccc-3c1)C=C4)C=C2.[Zn+2]. The summed E-state index contributed by atoms with van der Waals surface area (Å²) in [5.41, 5.74) is 11.2. The van der Waals surface area contributed by atoms with Crippen molar-refractivity contribution in [1.82, 2.24) is 19.9 Å². The minimum atomic E-state index is 0. The molecule has 0 amide bonds. The second kappa shape index (κ2) is 27.3. The molecule has 0 aliphatic carbocycles. The Morgan fingerprint density at radius 2 is 0.602 bits per heavy atom. The molecule has 0 atom stereocenters. The number of ether oxygens (including phenoxy) is 4. The van der Waals surface area contributed by atoms with E-state index in [9.17, 15) is 0 Å². The zero-order chi connectivity index (χ0) is 55.8. The van der Waals surface area contributed by atoms with Crippen LogP contribution in [0.2, 0.25) is 20.1 Å². The van der Waals surface area contributed by atoms with Gasteiger partial charge in [-0.1, -0.05) is 171 Å². The first-order valence-electron chi connectivity index (χ1n) is 28.5. The van der Waals surface area contributed by atoms with Gasteiger partial charge in [0, 0.05) is 31.2 Å². The van der Waals surface area contributed by atoms with Crippen molar-refractivity contribution < 1.29 is 38.4 Å². The van der Waals surface area contributed by atoms with Gasteiger partial charge in [-0.05, 0) is 167 Å². The van der Waals surface area contributed by atoms with Crippen molar-refractivity contribution >= 4 is 104 Å². The molecule has 18 bridgehead atoms. The maximum Gasteiger partial charge on any atom is 2.00 e. The van der Waals surface area contributed by atoms with Gasteiger partial charge in [-0.2, -0.15) is 0 Å². The molecule has 0 spiro atoms. The predicted octanol–water partition coefficient (Wildman–Crippen LogP) is 20.3. The molecule has 0 radical (unpaired) electrons. The molecule has 8 nitrogen and oxygen atoms in total. The molecule has 0 fully saturated rings. The van der Waals surface area contributed by atoms with Gasteiger partial charge in [-0.15, -0.1) is 22.1 Å². The zero-order valence-electron chi connectivity index (χ0n) is 46.1. The number of nitrogens with zero attached hydrogens (tertiary/aromatic N) is 4. The van der Waals surface area contributed by atoms with Gasteiger partial charge in [-0.25, -0.2) is 9.97 Å². The second-order valence-corrected chi connectivity index (χ2v) is 22.5. The molecule has 414 valence electrons. The van der Waals surface area contributed by atoms with Crippen molar-refractivity contribution in [2.24, 2.45) is 0 Å². The first kappa shape index (κ1) is 58.0. The van der Waals surface area contributed by atoms with Gasteiger partial charge in [0.05, 0.1) is 49.2 Å². The molecule has 9 aromatic rings. The molecule has 6 aliphatic rings. The van der Waals surface area contributed by atoms with E-state index in [1.54, 1.807) is 0 Å². The Hall–Kier alpha value is -6.84. The van der Waals surface area contributed by atoms with Crippen LogP contribution in [0.1, 0.15) is 99.8 Å². The Labute approximate surface area is 517 Å². The zero-order valence-corrected chi connectivity index (χ0v) is 52.1. The Morgan fingerprint density at radius 1 is 0.301 bits per heavy atom. The molecule has 6 aliphatic heterocycles. The van der Waals surface area contributed by atoms with Gasteiger partial charge in [-0.3, -0.25) is 0 Å². The smallest absolute Gasteiger partial charge is 0.657 e. The van der Waals surface area contributed by atoms with Gasteiger partial charge < -0.3 is 28.9 Å². The van der Waals surface area contributed by atoms with E-state index in [1.165, 1.54) is 0 Å². The standard InChI is InChI=1S/C70H60Cl4N4O4.Zn/c71-53-21-15-22-54(72)67(53)69-61-33-29-57(75-61)65-47-17-13-19-49(43-47)79-37-9-5-1-3-7-11-39-81-51-27-25-46-42-52(28-26-45(46)41-51)82-40-12-8-4-2-6-10-38-80-50-20-14-18-48(44-50)66(59-31-35-63(69)77-59)60-32-36-64(78-60)70(62-34-30-58(65)76-62)68-55(73)23-16-24-56(68)74;/h13-36,41-44H,1-12,37-40H2;/q-2;+2. The minimum absolute atomic E-state index is 0. The molecule has 6 aromatic carbocycles. The van der Waals surface area contributed by atoms with Gasteiger partial charge in [0.2, 0.25) is 0 Å². The Balaban J connectivity index is 0.00000721. The van der Waals surface area contributed by atoms with Crippen molar-refractivity contribution in [2.45, 2.75) is 77.0 Å². The maximum atomic E-state index is 7.14. The number of benzene rings is 6. The predicted molar refractivity (Wildman–Crippen MR) is 340 cm³/mol. The van der Waals surface area contributed by atoms with Crippen molar-refractivity contribution in [2.75, 3.05) is 26.4 Å². The molecule has 0 N–H and O–H groups in total. The number of rotatable bonds is 2. The Morgan fingerprint density at radius 3 is 0.964 bits per heavy atom. The largest absolute Gasteiger partial charge is 2.00 e. The summed E-state index contributed by atoms with van der Waals surface area (Å²) in [7, 11) is 0.